The molecule has 2 aromatic carbocycles. The Morgan fingerprint density at radius 1 is 1.15 bits per heavy atom. The van der Waals surface area contributed by atoms with Crippen molar-refractivity contribution in [1.29, 1.82) is 0 Å². The molecule has 5 nitrogen and oxygen atoms in total. The summed E-state index contributed by atoms with van der Waals surface area (Å²) in [5.41, 5.74) is 4.09. The summed E-state index contributed by atoms with van der Waals surface area (Å²) in [4.78, 5) is 21.3. The SMILES string of the molecule is O=C(Cn1c(-c2cscn2)nc2ccccc21)Nc1ccc(F)c(F)c1. The molecule has 1 N–H and O–H groups in total. The third kappa shape index (κ3) is 3.06. The third-order valence-corrected chi connectivity index (χ3v) is 4.41. The highest BCUT2D eigenvalue weighted by molar-refractivity contribution is 7.07. The molecule has 0 aliphatic carbocycles. The summed E-state index contributed by atoms with van der Waals surface area (Å²) in [5.74, 6) is -1.78. The first-order valence-electron chi connectivity index (χ1n) is 7.70. The highest BCUT2D eigenvalue weighted by Crippen LogP contribution is 2.24. The fourth-order valence-electron chi connectivity index (χ4n) is 2.67. The van der Waals surface area contributed by atoms with Crippen LogP contribution in [0.1, 0.15) is 0 Å². The molecule has 0 saturated heterocycles. The summed E-state index contributed by atoms with van der Waals surface area (Å²) in [6.45, 7) is -0.0353. The van der Waals surface area contributed by atoms with Crippen LogP contribution in [0.25, 0.3) is 22.6 Å². The molecule has 4 aromatic rings. The van der Waals surface area contributed by atoms with Gasteiger partial charge in [0.05, 0.1) is 16.5 Å². The quantitative estimate of drug-likeness (QED) is 0.589. The average Bonchev–Trinajstić information content (AvgIpc) is 3.26. The van der Waals surface area contributed by atoms with Gasteiger partial charge in [-0.25, -0.2) is 18.7 Å². The van der Waals surface area contributed by atoms with Crippen LogP contribution in [0.2, 0.25) is 0 Å². The van der Waals surface area contributed by atoms with Gasteiger partial charge in [-0.05, 0) is 24.3 Å². The molecular weight excluding hydrogens is 358 g/mol. The minimum absolute atomic E-state index is 0.0353. The van der Waals surface area contributed by atoms with Crippen molar-refractivity contribution in [2.24, 2.45) is 0 Å². The molecule has 26 heavy (non-hydrogen) atoms. The molecule has 0 aliphatic rings. The summed E-state index contributed by atoms with van der Waals surface area (Å²) in [7, 11) is 0. The monoisotopic (exact) mass is 370 g/mol. The molecule has 0 saturated carbocycles. The zero-order valence-electron chi connectivity index (χ0n) is 13.3. The molecule has 1 amide bonds. The van der Waals surface area contributed by atoms with E-state index in [1.54, 1.807) is 10.1 Å². The first-order chi connectivity index (χ1) is 12.6. The van der Waals surface area contributed by atoms with E-state index in [0.29, 0.717) is 11.5 Å². The Morgan fingerprint density at radius 2 is 2.00 bits per heavy atom. The van der Waals surface area contributed by atoms with E-state index in [1.807, 2.05) is 29.6 Å². The van der Waals surface area contributed by atoms with Crippen LogP contribution in [0.4, 0.5) is 14.5 Å². The number of imidazole rings is 1. The van der Waals surface area contributed by atoms with Gasteiger partial charge in [0.1, 0.15) is 12.2 Å². The predicted octanol–water partition coefficient (Wildman–Crippen LogP) is 4.08. The second-order valence-corrected chi connectivity index (χ2v) is 6.28. The van der Waals surface area contributed by atoms with Gasteiger partial charge in [0.15, 0.2) is 17.5 Å². The maximum absolute atomic E-state index is 13.3. The van der Waals surface area contributed by atoms with Crippen LogP contribution in [-0.2, 0) is 11.3 Å². The molecule has 130 valence electrons. The fraction of sp³-hybridized carbons (Fsp3) is 0.0556. The van der Waals surface area contributed by atoms with Crippen LogP contribution < -0.4 is 5.32 Å². The van der Waals surface area contributed by atoms with Gasteiger partial charge in [-0.15, -0.1) is 11.3 Å². The summed E-state index contributed by atoms with van der Waals surface area (Å²) < 4.78 is 28.1. The van der Waals surface area contributed by atoms with Crippen molar-refractivity contribution in [3.05, 3.63) is 65.0 Å². The Balaban J connectivity index is 1.66. The van der Waals surface area contributed by atoms with Crippen LogP contribution in [-0.4, -0.2) is 20.4 Å². The van der Waals surface area contributed by atoms with Gasteiger partial charge in [-0.1, -0.05) is 12.1 Å². The topological polar surface area (TPSA) is 59.8 Å². The highest BCUT2D eigenvalue weighted by Gasteiger charge is 2.16. The molecule has 8 heteroatoms. The van der Waals surface area contributed by atoms with Gasteiger partial charge in [0.2, 0.25) is 5.91 Å². The van der Waals surface area contributed by atoms with E-state index in [4.69, 9.17) is 0 Å². The maximum Gasteiger partial charge on any atom is 0.244 e. The molecule has 0 radical (unpaired) electrons. The number of carbonyl (C=O) groups excluding carboxylic acids is 1. The first kappa shape index (κ1) is 16.3. The molecule has 2 aromatic heterocycles. The Hall–Kier alpha value is -3.13. The lowest BCUT2D eigenvalue weighted by Gasteiger charge is -2.09. The Kier molecular flexibility index (Phi) is 4.18. The molecular formula is C18H12F2N4OS. The summed E-state index contributed by atoms with van der Waals surface area (Å²) in [5, 5.41) is 4.43. The third-order valence-electron chi connectivity index (χ3n) is 3.82. The number of fused-ring (bicyclic) bond motifs is 1. The number of thiazole rings is 1. The van der Waals surface area contributed by atoms with Crippen molar-refractivity contribution in [2.75, 3.05) is 5.32 Å². The second-order valence-electron chi connectivity index (χ2n) is 5.56. The Labute approximate surface area is 150 Å². The van der Waals surface area contributed by atoms with E-state index in [9.17, 15) is 13.6 Å². The van der Waals surface area contributed by atoms with Gasteiger partial charge in [-0.2, -0.15) is 0 Å². The molecule has 0 spiro atoms. The van der Waals surface area contributed by atoms with Gasteiger partial charge in [0, 0.05) is 17.1 Å². The normalized spacial score (nSPS) is 11.0. The molecule has 0 fully saturated rings. The zero-order valence-corrected chi connectivity index (χ0v) is 14.1. The summed E-state index contributed by atoms with van der Waals surface area (Å²) in [6, 6.07) is 10.7. The second kappa shape index (κ2) is 6.64. The van der Waals surface area contributed by atoms with E-state index < -0.39 is 11.6 Å². The minimum Gasteiger partial charge on any atom is -0.324 e. The number of hydrogen-bond acceptors (Lipinski definition) is 4. The predicted molar refractivity (Wildman–Crippen MR) is 95.8 cm³/mol. The Morgan fingerprint density at radius 3 is 2.77 bits per heavy atom. The Bertz CT molecular complexity index is 1090. The molecule has 0 aliphatic heterocycles. The van der Waals surface area contributed by atoms with Crippen LogP contribution in [0.5, 0.6) is 0 Å². The lowest BCUT2D eigenvalue weighted by molar-refractivity contribution is -0.116. The minimum atomic E-state index is -1.01. The van der Waals surface area contributed by atoms with Crippen molar-refractivity contribution in [2.45, 2.75) is 6.54 Å². The first-order valence-corrected chi connectivity index (χ1v) is 8.65. The lowest BCUT2D eigenvalue weighted by Crippen LogP contribution is -2.19. The fourth-order valence-corrected chi connectivity index (χ4v) is 3.20. The summed E-state index contributed by atoms with van der Waals surface area (Å²) >= 11 is 1.44. The van der Waals surface area contributed by atoms with Crippen molar-refractivity contribution in [3.8, 4) is 11.5 Å². The standard InChI is InChI=1S/C18H12F2N4OS/c19-12-6-5-11(7-13(12)20)22-17(25)8-24-16-4-2-1-3-14(16)23-18(24)15-9-26-10-21-15/h1-7,9-10H,8H2,(H,22,25). The van der Waals surface area contributed by atoms with Crippen molar-refractivity contribution in [3.63, 3.8) is 0 Å². The number of amides is 1. The number of para-hydroxylation sites is 2. The van der Waals surface area contributed by atoms with E-state index in [2.05, 4.69) is 15.3 Å². The number of benzene rings is 2. The number of nitrogens with one attached hydrogen (secondary N) is 1. The lowest BCUT2D eigenvalue weighted by atomic mass is 10.3. The number of anilines is 1. The number of aromatic nitrogens is 3. The van der Waals surface area contributed by atoms with E-state index in [-0.39, 0.29) is 18.1 Å². The van der Waals surface area contributed by atoms with Crippen LogP contribution in [0.15, 0.2) is 53.4 Å². The van der Waals surface area contributed by atoms with Gasteiger partial charge < -0.3 is 9.88 Å². The number of rotatable bonds is 4. The van der Waals surface area contributed by atoms with Crippen molar-refractivity contribution in [1.82, 2.24) is 14.5 Å². The zero-order chi connectivity index (χ0) is 18.1. The highest BCUT2D eigenvalue weighted by atomic mass is 32.1. The van der Waals surface area contributed by atoms with E-state index in [1.165, 1.54) is 17.4 Å². The van der Waals surface area contributed by atoms with Crippen LogP contribution in [0, 0.1) is 11.6 Å². The van der Waals surface area contributed by atoms with Gasteiger partial charge in [0.25, 0.3) is 0 Å². The summed E-state index contributed by atoms with van der Waals surface area (Å²) in [6.07, 6.45) is 0. The van der Waals surface area contributed by atoms with Crippen molar-refractivity contribution >= 4 is 34.0 Å². The largest absolute Gasteiger partial charge is 0.324 e. The molecule has 2 heterocycles. The molecule has 0 bridgehead atoms. The smallest absolute Gasteiger partial charge is 0.244 e. The number of nitrogens with zero attached hydrogens (tertiary/aromatic N) is 3. The van der Waals surface area contributed by atoms with Crippen molar-refractivity contribution < 1.29 is 13.6 Å². The van der Waals surface area contributed by atoms with Gasteiger partial charge >= 0.3 is 0 Å². The molecule has 0 atom stereocenters. The average molecular weight is 370 g/mol. The van der Waals surface area contributed by atoms with E-state index >= 15 is 0 Å². The molecule has 4 rings (SSSR count). The number of halogens is 2. The maximum atomic E-state index is 13.3. The molecule has 0 unspecified atom stereocenters. The van der Waals surface area contributed by atoms with Crippen LogP contribution >= 0.6 is 11.3 Å². The van der Waals surface area contributed by atoms with Crippen LogP contribution in [0.3, 0.4) is 0 Å². The van der Waals surface area contributed by atoms with E-state index in [0.717, 1.165) is 23.2 Å². The number of carbonyl (C=O) groups is 1. The van der Waals surface area contributed by atoms with Gasteiger partial charge in [-0.3, -0.25) is 4.79 Å². The number of hydrogen-bond donors (Lipinski definition) is 1.